The number of nitrogens with zero attached hydrogens (tertiary/aromatic N) is 1. The van der Waals surface area contributed by atoms with Gasteiger partial charge in [0, 0.05) is 25.7 Å². The lowest BCUT2D eigenvalue weighted by Crippen LogP contribution is -2.51. The smallest absolute Gasteiger partial charge is 0.114 e. The zero-order valence-electron chi connectivity index (χ0n) is 7.22. The molecule has 0 aromatic rings. The topological polar surface area (TPSA) is 27.3 Å². The largest absolute Gasteiger partial charge is 0.288 e. The summed E-state index contributed by atoms with van der Waals surface area (Å²) >= 11 is 0. The number of hydrogen-bond donors (Lipinski definition) is 2. The molecule has 0 aromatic carbocycles. The van der Waals surface area contributed by atoms with E-state index < -0.39 is 0 Å². The molecular formula is C8H16FN3. The lowest BCUT2D eigenvalue weighted by Gasteiger charge is -2.28. The number of hydrogen-bond acceptors (Lipinski definition) is 3. The van der Waals surface area contributed by atoms with Gasteiger partial charge in [-0.3, -0.25) is 15.5 Å². The highest BCUT2D eigenvalue weighted by Gasteiger charge is 2.31. The van der Waals surface area contributed by atoms with E-state index in [9.17, 15) is 4.39 Å². The van der Waals surface area contributed by atoms with E-state index in [1.165, 1.54) is 0 Å². The van der Waals surface area contributed by atoms with Gasteiger partial charge in [-0.15, -0.1) is 0 Å². The molecule has 1 atom stereocenters. The van der Waals surface area contributed by atoms with E-state index in [0.717, 1.165) is 32.5 Å². The van der Waals surface area contributed by atoms with Gasteiger partial charge in [-0.25, -0.2) is 4.39 Å². The van der Waals surface area contributed by atoms with Crippen molar-refractivity contribution in [2.45, 2.75) is 25.2 Å². The molecule has 2 saturated heterocycles. The van der Waals surface area contributed by atoms with Crippen LogP contribution >= 0.6 is 0 Å². The molecule has 2 N–H and O–H groups in total. The summed E-state index contributed by atoms with van der Waals surface area (Å²) in [5.41, 5.74) is 0. The number of nitrogens with one attached hydrogen (secondary N) is 2. The van der Waals surface area contributed by atoms with Crippen molar-refractivity contribution in [2.24, 2.45) is 0 Å². The van der Waals surface area contributed by atoms with Crippen LogP contribution in [0, 0.1) is 0 Å². The summed E-state index contributed by atoms with van der Waals surface area (Å²) in [6.07, 6.45) is 2.37. The van der Waals surface area contributed by atoms with Gasteiger partial charge in [-0.2, -0.15) is 0 Å². The molecule has 70 valence electrons. The van der Waals surface area contributed by atoms with Crippen molar-refractivity contribution in [1.29, 1.82) is 0 Å². The molecular weight excluding hydrogens is 157 g/mol. The van der Waals surface area contributed by atoms with Crippen molar-refractivity contribution in [3.8, 4) is 0 Å². The van der Waals surface area contributed by atoms with Crippen LogP contribution in [0.15, 0.2) is 0 Å². The third kappa shape index (κ3) is 1.46. The maximum atomic E-state index is 12.5. The Labute approximate surface area is 72.3 Å². The van der Waals surface area contributed by atoms with E-state index in [4.69, 9.17) is 0 Å². The molecule has 0 bridgehead atoms. The van der Waals surface area contributed by atoms with Gasteiger partial charge in [0.25, 0.3) is 0 Å². The molecule has 12 heavy (non-hydrogen) atoms. The Kier molecular flexibility index (Phi) is 2.58. The Hall–Kier alpha value is -0.190. The van der Waals surface area contributed by atoms with E-state index in [1.807, 2.05) is 0 Å². The molecule has 0 spiro atoms. The summed E-state index contributed by atoms with van der Waals surface area (Å²) in [7, 11) is 0. The third-order valence-electron chi connectivity index (χ3n) is 2.73. The van der Waals surface area contributed by atoms with Gasteiger partial charge in [0.2, 0.25) is 0 Å². The molecule has 2 heterocycles. The minimum absolute atomic E-state index is 0.146. The van der Waals surface area contributed by atoms with Crippen LogP contribution in [0.2, 0.25) is 0 Å². The van der Waals surface area contributed by atoms with Crippen molar-refractivity contribution in [1.82, 2.24) is 15.5 Å². The maximum absolute atomic E-state index is 12.5. The standard InChI is InChI=1S/C8H16FN3/c9-6-7-2-1-5-12(7)8-10-3-4-11-8/h7-8,10-11H,1-6H2. The minimum Gasteiger partial charge on any atom is -0.288 e. The molecule has 0 aliphatic carbocycles. The van der Waals surface area contributed by atoms with Crippen molar-refractivity contribution >= 4 is 0 Å². The molecule has 2 aliphatic rings. The van der Waals surface area contributed by atoms with Gasteiger partial charge in [-0.1, -0.05) is 0 Å². The highest BCUT2D eigenvalue weighted by molar-refractivity contribution is 4.84. The van der Waals surface area contributed by atoms with Crippen molar-refractivity contribution in [3.63, 3.8) is 0 Å². The zero-order valence-corrected chi connectivity index (χ0v) is 7.22. The van der Waals surface area contributed by atoms with Crippen LogP contribution in [0.3, 0.4) is 0 Å². The maximum Gasteiger partial charge on any atom is 0.114 e. The van der Waals surface area contributed by atoms with E-state index >= 15 is 0 Å². The Morgan fingerprint density at radius 1 is 1.33 bits per heavy atom. The summed E-state index contributed by atoms with van der Waals surface area (Å²) < 4.78 is 12.5. The summed E-state index contributed by atoms with van der Waals surface area (Å²) in [5.74, 6) is 0. The van der Waals surface area contributed by atoms with Gasteiger partial charge in [-0.05, 0) is 12.8 Å². The van der Waals surface area contributed by atoms with E-state index in [-0.39, 0.29) is 19.0 Å². The highest BCUT2D eigenvalue weighted by atomic mass is 19.1. The number of halogens is 1. The van der Waals surface area contributed by atoms with Gasteiger partial charge < -0.3 is 0 Å². The molecule has 0 amide bonds. The zero-order chi connectivity index (χ0) is 8.39. The lowest BCUT2D eigenvalue weighted by molar-refractivity contribution is 0.129. The van der Waals surface area contributed by atoms with Crippen molar-refractivity contribution < 1.29 is 4.39 Å². The number of alkyl halides is 1. The monoisotopic (exact) mass is 173 g/mol. The second kappa shape index (κ2) is 3.68. The highest BCUT2D eigenvalue weighted by Crippen LogP contribution is 2.19. The summed E-state index contributed by atoms with van der Waals surface area (Å²) in [6.45, 7) is 2.82. The molecule has 2 fully saturated rings. The van der Waals surface area contributed by atoms with Crippen LogP contribution in [-0.2, 0) is 0 Å². The Morgan fingerprint density at radius 3 is 2.75 bits per heavy atom. The van der Waals surface area contributed by atoms with Gasteiger partial charge in [0.15, 0.2) is 0 Å². The van der Waals surface area contributed by atoms with Crippen LogP contribution < -0.4 is 10.6 Å². The van der Waals surface area contributed by atoms with Crippen LogP contribution in [-0.4, -0.2) is 43.5 Å². The molecule has 3 nitrogen and oxygen atoms in total. The van der Waals surface area contributed by atoms with Crippen molar-refractivity contribution in [3.05, 3.63) is 0 Å². The quantitative estimate of drug-likeness (QED) is 0.610. The third-order valence-corrected chi connectivity index (χ3v) is 2.73. The molecule has 1 unspecified atom stereocenters. The fourth-order valence-corrected chi connectivity index (χ4v) is 2.09. The number of rotatable bonds is 2. The lowest BCUT2D eigenvalue weighted by atomic mass is 10.2. The predicted molar refractivity (Wildman–Crippen MR) is 45.5 cm³/mol. The molecule has 2 aliphatic heterocycles. The fourth-order valence-electron chi connectivity index (χ4n) is 2.09. The Balaban J connectivity index is 1.92. The van der Waals surface area contributed by atoms with Gasteiger partial charge in [0.1, 0.15) is 13.0 Å². The van der Waals surface area contributed by atoms with Crippen LogP contribution in [0.5, 0.6) is 0 Å². The number of likely N-dealkylation sites (tertiary alicyclic amines) is 1. The van der Waals surface area contributed by atoms with E-state index in [2.05, 4.69) is 15.5 Å². The Morgan fingerprint density at radius 2 is 2.08 bits per heavy atom. The first kappa shape index (κ1) is 8.41. The fraction of sp³-hybridized carbons (Fsp3) is 1.00. The average Bonchev–Trinajstić information content (AvgIpc) is 2.74. The van der Waals surface area contributed by atoms with Gasteiger partial charge in [0.05, 0.1) is 0 Å². The second-order valence-electron chi connectivity index (χ2n) is 3.50. The molecule has 2 rings (SSSR count). The summed E-state index contributed by atoms with van der Waals surface area (Å²) in [4.78, 5) is 2.20. The average molecular weight is 173 g/mol. The summed E-state index contributed by atoms with van der Waals surface area (Å²) in [6, 6.07) is 0.146. The second-order valence-corrected chi connectivity index (χ2v) is 3.50. The van der Waals surface area contributed by atoms with Crippen LogP contribution in [0.25, 0.3) is 0 Å². The van der Waals surface area contributed by atoms with Crippen molar-refractivity contribution in [2.75, 3.05) is 26.3 Å². The van der Waals surface area contributed by atoms with Crippen LogP contribution in [0.4, 0.5) is 4.39 Å². The molecule has 0 radical (unpaired) electrons. The van der Waals surface area contributed by atoms with Gasteiger partial charge >= 0.3 is 0 Å². The first-order chi connectivity index (χ1) is 5.92. The SMILES string of the molecule is FCC1CCCN1C1NCCN1. The Bertz CT molecular complexity index is 147. The molecule has 4 heteroatoms. The summed E-state index contributed by atoms with van der Waals surface area (Å²) in [5, 5.41) is 6.62. The minimum atomic E-state index is -0.208. The first-order valence-corrected chi connectivity index (χ1v) is 4.70. The first-order valence-electron chi connectivity index (χ1n) is 4.70. The van der Waals surface area contributed by atoms with E-state index in [0.29, 0.717) is 0 Å². The molecule has 0 saturated carbocycles. The van der Waals surface area contributed by atoms with E-state index in [1.54, 1.807) is 0 Å². The normalized spacial score (nSPS) is 33.2. The molecule has 0 aromatic heterocycles. The van der Waals surface area contributed by atoms with Crippen LogP contribution in [0.1, 0.15) is 12.8 Å². The predicted octanol–water partition coefficient (Wildman–Crippen LogP) is -0.103.